The van der Waals surface area contributed by atoms with E-state index in [4.69, 9.17) is 4.98 Å². The van der Waals surface area contributed by atoms with E-state index in [1.807, 2.05) is 34.7 Å². The Morgan fingerprint density at radius 1 is 1.00 bits per heavy atom. The molecule has 0 N–H and O–H groups in total. The number of imidazole rings is 1. The third-order valence-corrected chi connectivity index (χ3v) is 9.12. The molecule has 0 radical (unpaired) electrons. The van der Waals surface area contributed by atoms with Gasteiger partial charge in [-0.05, 0) is 55.7 Å². The summed E-state index contributed by atoms with van der Waals surface area (Å²) in [7, 11) is -1.79. The molecule has 5 rings (SSSR count). The monoisotopic (exact) mass is 499 g/mol. The molecule has 3 aromatic rings. The third-order valence-electron chi connectivity index (χ3n) is 7.08. The van der Waals surface area contributed by atoms with E-state index in [2.05, 4.69) is 4.90 Å². The van der Waals surface area contributed by atoms with Crippen molar-refractivity contribution in [3.63, 3.8) is 0 Å². The molecule has 8 nitrogen and oxygen atoms in total. The van der Waals surface area contributed by atoms with Crippen LogP contribution in [0.5, 0.6) is 0 Å². The van der Waals surface area contributed by atoms with Gasteiger partial charge in [-0.15, -0.1) is 0 Å². The highest BCUT2D eigenvalue weighted by Crippen LogP contribution is 2.24. The predicted molar refractivity (Wildman–Crippen MR) is 131 cm³/mol. The number of amides is 1. The summed E-state index contributed by atoms with van der Waals surface area (Å²) in [5.41, 5.74) is 2.95. The van der Waals surface area contributed by atoms with Crippen LogP contribution in [0.4, 0.5) is 4.39 Å². The average Bonchev–Trinajstić information content (AvgIpc) is 3.49. The molecule has 2 aromatic carbocycles. The lowest BCUT2D eigenvalue weighted by Gasteiger charge is -2.34. The molecule has 2 aliphatic rings. The maximum atomic E-state index is 13.7. The second-order valence-corrected chi connectivity index (χ2v) is 11.3. The number of carbonyl (C=O) groups is 1. The molecular formula is C25H30FN5O3S. The van der Waals surface area contributed by atoms with Crippen LogP contribution in [-0.2, 0) is 23.6 Å². The normalized spacial score (nSPS) is 18.0. The van der Waals surface area contributed by atoms with E-state index in [0.29, 0.717) is 43.9 Å². The van der Waals surface area contributed by atoms with Crippen molar-refractivity contribution in [3.8, 4) is 0 Å². The van der Waals surface area contributed by atoms with Gasteiger partial charge in [0.25, 0.3) is 5.91 Å². The third kappa shape index (κ3) is 4.57. The van der Waals surface area contributed by atoms with Crippen LogP contribution in [0.15, 0.2) is 41.3 Å². The average molecular weight is 500 g/mol. The van der Waals surface area contributed by atoms with E-state index >= 15 is 0 Å². The molecule has 2 saturated heterocycles. The Hall–Kier alpha value is -2.82. The van der Waals surface area contributed by atoms with Crippen molar-refractivity contribution in [3.05, 3.63) is 59.2 Å². The first-order chi connectivity index (χ1) is 16.7. The lowest BCUT2D eigenvalue weighted by molar-refractivity contribution is 0.0793. The highest BCUT2D eigenvalue weighted by atomic mass is 32.2. The van der Waals surface area contributed by atoms with Crippen molar-refractivity contribution in [2.45, 2.75) is 31.2 Å². The smallest absolute Gasteiger partial charge is 0.253 e. The van der Waals surface area contributed by atoms with Gasteiger partial charge in [0.05, 0.1) is 22.5 Å². The van der Waals surface area contributed by atoms with Crippen molar-refractivity contribution in [2.24, 2.45) is 7.05 Å². The summed E-state index contributed by atoms with van der Waals surface area (Å²) < 4.78 is 43.3. The molecule has 0 saturated carbocycles. The molecule has 0 unspecified atom stereocenters. The topological polar surface area (TPSA) is 78.8 Å². The van der Waals surface area contributed by atoms with E-state index in [1.165, 1.54) is 16.4 Å². The molecule has 0 bridgehead atoms. The molecule has 0 spiro atoms. The number of nitrogens with zero attached hydrogens (tertiary/aromatic N) is 5. The van der Waals surface area contributed by atoms with Gasteiger partial charge in [0, 0.05) is 51.9 Å². The van der Waals surface area contributed by atoms with Crippen molar-refractivity contribution >= 4 is 27.0 Å². The SMILES string of the molecule is Cc1ccc(F)cc1S(=O)(=O)N1CCN(Cc2nc3cc(C(=O)N4CCCC4)ccc3n2C)CC1. The van der Waals surface area contributed by atoms with Gasteiger partial charge in [-0.25, -0.2) is 17.8 Å². The van der Waals surface area contributed by atoms with Gasteiger partial charge in [-0.1, -0.05) is 6.07 Å². The van der Waals surface area contributed by atoms with Crippen molar-refractivity contribution in [1.82, 2.24) is 23.7 Å². The summed E-state index contributed by atoms with van der Waals surface area (Å²) in [5.74, 6) is 0.366. The Balaban J connectivity index is 1.27. The highest BCUT2D eigenvalue weighted by molar-refractivity contribution is 7.89. The Bertz CT molecular complexity index is 1370. The number of sulfonamides is 1. The molecule has 2 aliphatic heterocycles. The number of halogens is 1. The maximum Gasteiger partial charge on any atom is 0.253 e. The molecule has 0 aliphatic carbocycles. The quantitative estimate of drug-likeness (QED) is 0.540. The van der Waals surface area contributed by atoms with E-state index in [9.17, 15) is 17.6 Å². The summed E-state index contributed by atoms with van der Waals surface area (Å²) in [6.07, 6.45) is 2.11. The molecule has 35 heavy (non-hydrogen) atoms. The molecule has 1 amide bonds. The fourth-order valence-corrected chi connectivity index (χ4v) is 6.60. The van der Waals surface area contributed by atoms with E-state index in [1.54, 1.807) is 6.92 Å². The van der Waals surface area contributed by atoms with Crippen LogP contribution in [0.25, 0.3) is 11.0 Å². The number of hydrogen-bond acceptors (Lipinski definition) is 5. The minimum absolute atomic E-state index is 0.0283. The number of hydrogen-bond donors (Lipinski definition) is 0. The van der Waals surface area contributed by atoms with Gasteiger partial charge in [-0.3, -0.25) is 9.69 Å². The Kier molecular flexibility index (Phi) is 6.37. The molecular weight excluding hydrogens is 469 g/mol. The summed E-state index contributed by atoms with van der Waals surface area (Å²) in [6, 6.07) is 9.54. The van der Waals surface area contributed by atoms with Crippen molar-refractivity contribution in [1.29, 1.82) is 0 Å². The highest BCUT2D eigenvalue weighted by Gasteiger charge is 2.30. The summed E-state index contributed by atoms with van der Waals surface area (Å²) in [4.78, 5) is 21.6. The molecule has 2 fully saturated rings. The zero-order valence-electron chi connectivity index (χ0n) is 20.1. The first kappa shape index (κ1) is 23.9. The first-order valence-electron chi connectivity index (χ1n) is 12.0. The van der Waals surface area contributed by atoms with Gasteiger partial charge < -0.3 is 9.47 Å². The number of piperazine rings is 1. The Morgan fingerprint density at radius 2 is 1.71 bits per heavy atom. The molecule has 10 heteroatoms. The van der Waals surface area contributed by atoms with Gasteiger partial charge >= 0.3 is 0 Å². The van der Waals surface area contributed by atoms with E-state index in [0.717, 1.165) is 48.9 Å². The molecule has 186 valence electrons. The Morgan fingerprint density at radius 3 is 2.43 bits per heavy atom. The second kappa shape index (κ2) is 9.33. The number of carbonyl (C=O) groups excluding carboxylic acids is 1. The number of fused-ring (bicyclic) bond motifs is 1. The molecule has 3 heterocycles. The van der Waals surface area contributed by atoms with Crippen LogP contribution in [0.2, 0.25) is 0 Å². The van der Waals surface area contributed by atoms with E-state index in [-0.39, 0.29) is 10.8 Å². The number of benzene rings is 2. The summed E-state index contributed by atoms with van der Waals surface area (Å²) in [6.45, 7) is 5.64. The van der Waals surface area contributed by atoms with Gasteiger partial charge in [-0.2, -0.15) is 4.31 Å². The minimum atomic E-state index is -3.75. The lowest BCUT2D eigenvalue weighted by Crippen LogP contribution is -2.48. The van der Waals surface area contributed by atoms with Crippen LogP contribution in [0.3, 0.4) is 0 Å². The maximum absolute atomic E-state index is 13.7. The van der Waals surface area contributed by atoms with Crippen LogP contribution >= 0.6 is 0 Å². The molecule has 0 atom stereocenters. The standard InChI is InChI=1S/C25H30FN5O3S/c1-18-5-7-20(26)16-23(18)35(33,34)31-13-11-29(12-14-31)17-24-27-21-15-19(6-8-22(21)28(24)2)25(32)30-9-3-4-10-30/h5-8,15-16H,3-4,9-14,17H2,1-2H3. The zero-order valence-corrected chi connectivity index (χ0v) is 20.9. The lowest BCUT2D eigenvalue weighted by atomic mass is 10.2. The summed E-state index contributed by atoms with van der Waals surface area (Å²) >= 11 is 0. The van der Waals surface area contributed by atoms with Crippen molar-refractivity contribution < 1.29 is 17.6 Å². The van der Waals surface area contributed by atoms with Crippen LogP contribution in [0.1, 0.15) is 34.6 Å². The van der Waals surface area contributed by atoms with Crippen LogP contribution in [0, 0.1) is 12.7 Å². The number of rotatable bonds is 5. The minimum Gasteiger partial charge on any atom is -0.339 e. The number of likely N-dealkylation sites (tertiary alicyclic amines) is 1. The van der Waals surface area contributed by atoms with Crippen LogP contribution in [-0.4, -0.2) is 77.2 Å². The largest absolute Gasteiger partial charge is 0.339 e. The Labute approximate surface area is 205 Å². The summed E-state index contributed by atoms with van der Waals surface area (Å²) in [5, 5.41) is 0. The molecule has 1 aromatic heterocycles. The predicted octanol–water partition coefficient (Wildman–Crippen LogP) is 2.76. The number of aryl methyl sites for hydroxylation is 2. The first-order valence-corrected chi connectivity index (χ1v) is 13.4. The van der Waals surface area contributed by atoms with Gasteiger partial charge in [0.15, 0.2) is 0 Å². The zero-order chi connectivity index (χ0) is 24.7. The number of aromatic nitrogens is 2. The van der Waals surface area contributed by atoms with Gasteiger partial charge in [0.2, 0.25) is 10.0 Å². The van der Waals surface area contributed by atoms with Crippen LogP contribution < -0.4 is 0 Å². The second-order valence-electron chi connectivity index (χ2n) is 9.38. The fourth-order valence-electron chi connectivity index (χ4n) is 4.95. The van der Waals surface area contributed by atoms with E-state index < -0.39 is 15.8 Å². The fraction of sp³-hybridized carbons (Fsp3) is 0.440. The van der Waals surface area contributed by atoms with Gasteiger partial charge in [0.1, 0.15) is 11.6 Å². The van der Waals surface area contributed by atoms with Crippen molar-refractivity contribution in [2.75, 3.05) is 39.3 Å².